The lowest BCUT2D eigenvalue weighted by Crippen LogP contribution is -2.37. The number of nitrogens with zero attached hydrogens (tertiary/aromatic N) is 4. The van der Waals surface area contributed by atoms with Crippen LogP contribution in [-0.2, 0) is 25.5 Å². The first-order chi connectivity index (χ1) is 29.9. The minimum atomic E-state index is -0.596. The molecule has 2 unspecified atom stereocenters. The molecule has 0 aromatic heterocycles. The molecular weight excluding hydrogens is 797 g/mol. The average molecular weight is 859 g/mol. The van der Waals surface area contributed by atoms with Gasteiger partial charge >= 0.3 is 12.2 Å². The lowest BCUT2D eigenvalue weighted by Gasteiger charge is -2.29. The number of likely N-dealkylation sites (tertiary alicyclic amines) is 1. The Kier molecular flexibility index (Phi) is 13.6. The van der Waals surface area contributed by atoms with E-state index in [1.165, 1.54) is 0 Å². The summed E-state index contributed by atoms with van der Waals surface area (Å²) >= 11 is 0. The Bertz CT molecular complexity index is 2240. The first-order valence-electron chi connectivity index (χ1n) is 22.4. The van der Waals surface area contributed by atoms with E-state index in [1.807, 2.05) is 115 Å². The number of hydrogen-bond acceptors (Lipinski definition) is 10. The summed E-state index contributed by atoms with van der Waals surface area (Å²) < 4.78 is 10.9. The van der Waals surface area contributed by atoms with Crippen LogP contribution in [0.3, 0.4) is 0 Å². The van der Waals surface area contributed by atoms with E-state index in [-0.39, 0.29) is 41.8 Å². The van der Waals surface area contributed by atoms with Crippen molar-refractivity contribution < 1.29 is 33.4 Å². The number of fused-ring (bicyclic) bond motifs is 1. The summed E-state index contributed by atoms with van der Waals surface area (Å²) in [6.07, 6.45) is 3.32. The van der Waals surface area contributed by atoms with E-state index in [0.29, 0.717) is 86.8 Å². The Labute approximate surface area is 370 Å². The van der Waals surface area contributed by atoms with Crippen LogP contribution in [0.1, 0.15) is 107 Å². The molecule has 3 aromatic rings. The number of hydrogen-bond donors (Lipinski definition) is 2. The Hall–Kier alpha value is -5.72. The highest BCUT2D eigenvalue weighted by atomic mass is 16.6. The number of ketones is 2. The fourth-order valence-corrected chi connectivity index (χ4v) is 9.25. The standard InChI is InChI=1S/C50H62N6O7/c1-30-22-36(44(58)25-40-41-27-56(28-42(40)41)48(61)63-50(5,6)7)18-21-39(30)33-12-8-31(9-13-33)23-37(46(59)54-38-19-16-35(17-20-38)45-52-29-53-55-45)24-43(57)34-14-10-32(11-15-34)26-51-47(60)62-49(2,3)4/h8-9,12-13,16-22,32,34,37,40-42H,10-11,14-15,23-29H2,1-7H3,(H,51,60)(H,54,59)/t32?,34?,37-,40?,41?,42?/m1/s1. The summed E-state index contributed by atoms with van der Waals surface area (Å²) in [7, 11) is 0. The van der Waals surface area contributed by atoms with Gasteiger partial charge in [0.25, 0.3) is 0 Å². The highest BCUT2D eigenvalue weighted by Gasteiger charge is 2.57. The average Bonchev–Trinajstić information content (AvgIpc) is 3.59. The van der Waals surface area contributed by atoms with Crippen molar-refractivity contribution in [3.05, 3.63) is 89.0 Å². The minimum absolute atomic E-state index is 0.0863. The number of aliphatic imine (C=N–C) groups is 1. The highest BCUT2D eigenvalue weighted by Crippen LogP contribution is 2.54. The zero-order chi connectivity index (χ0) is 45.1. The van der Waals surface area contributed by atoms with E-state index in [0.717, 1.165) is 40.7 Å². The van der Waals surface area contributed by atoms with Crippen LogP contribution >= 0.6 is 0 Å². The van der Waals surface area contributed by atoms with Crippen molar-refractivity contribution in [1.29, 1.82) is 0 Å². The smallest absolute Gasteiger partial charge is 0.410 e. The monoisotopic (exact) mass is 858 g/mol. The van der Waals surface area contributed by atoms with Crippen LogP contribution in [-0.4, -0.2) is 77.9 Å². The van der Waals surface area contributed by atoms with Crippen molar-refractivity contribution in [3.63, 3.8) is 0 Å². The number of piperidine rings is 1. The Morgan fingerprint density at radius 1 is 0.810 bits per heavy atom. The number of azo groups is 1. The minimum Gasteiger partial charge on any atom is -0.444 e. The maximum absolute atomic E-state index is 14.0. The summed E-state index contributed by atoms with van der Waals surface area (Å²) in [4.78, 5) is 72.0. The summed E-state index contributed by atoms with van der Waals surface area (Å²) in [5.41, 5.74) is 4.97. The molecular formula is C50H62N6O7. The number of amides is 3. The quantitative estimate of drug-likeness (QED) is 0.152. The topological polar surface area (TPSA) is 168 Å². The molecule has 7 rings (SSSR count). The SMILES string of the molecule is Cc1cc(C(=O)CC2C3CN(C(=O)OC(C)(C)C)CC23)ccc1-c1ccc(C[C@H](CC(=O)C2CCC(CNC(=O)OC(C)(C)C)CC2)C(=O)Nc2ccc(C3=NCN=N3)cc2)cc1. The van der Waals surface area contributed by atoms with Crippen molar-refractivity contribution in [1.82, 2.24) is 10.2 Å². The molecule has 3 amide bonds. The van der Waals surface area contributed by atoms with Gasteiger partial charge in [-0.3, -0.25) is 14.4 Å². The second-order valence-corrected chi connectivity index (χ2v) is 19.8. The van der Waals surface area contributed by atoms with Gasteiger partial charge in [-0.25, -0.2) is 14.6 Å². The number of ether oxygens (including phenoxy) is 2. The number of anilines is 1. The third kappa shape index (κ3) is 12.1. The second kappa shape index (κ2) is 18.9. The highest BCUT2D eigenvalue weighted by molar-refractivity contribution is 6.01. The van der Waals surface area contributed by atoms with Crippen molar-refractivity contribution in [3.8, 4) is 11.1 Å². The molecule has 13 heteroatoms. The van der Waals surface area contributed by atoms with E-state index < -0.39 is 23.2 Å². The molecule has 3 atom stereocenters. The number of rotatable bonds is 14. The largest absolute Gasteiger partial charge is 0.444 e. The molecule has 13 nitrogen and oxygen atoms in total. The third-order valence-corrected chi connectivity index (χ3v) is 12.7. The number of carbonyl (C=O) groups is 5. The fraction of sp³-hybridized carbons (Fsp3) is 0.520. The van der Waals surface area contributed by atoms with Gasteiger partial charge in [-0.2, -0.15) is 5.11 Å². The summed E-state index contributed by atoms with van der Waals surface area (Å²) in [5.74, 6) is 1.07. The van der Waals surface area contributed by atoms with Gasteiger partial charge in [-0.15, -0.1) is 5.11 Å². The van der Waals surface area contributed by atoms with Gasteiger partial charge in [0.2, 0.25) is 5.91 Å². The van der Waals surface area contributed by atoms with Gasteiger partial charge in [-0.1, -0.05) is 36.4 Å². The molecule has 3 aromatic carbocycles. The number of nitrogens with one attached hydrogen (secondary N) is 2. The molecule has 4 aliphatic rings. The first-order valence-corrected chi connectivity index (χ1v) is 22.4. The van der Waals surface area contributed by atoms with Gasteiger partial charge in [0.05, 0.1) is 0 Å². The molecule has 63 heavy (non-hydrogen) atoms. The van der Waals surface area contributed by atoms with E-state index in [4.69, 9.17) is 9.47 Å². The van der Waals surface area contributed by atoms with E-state index in [2.05, 4.69) is 25.9 Å². The summed E-state index contributed by atoms with van der Waals surface area (Å²) in [6, 6.07) is 21.3. The lowest BCUT2D eigenvalue weighted by molar-refractivity contribution is -0.129. The number of benzene rings is 3. The number of alkyl carbamates (subject to hydrolysis) is 1. The zero-order valence-corrected chi connectivity index (χ0v) is 37.7. The van der Waals surface area contributed by atoms with Crippen LogP contribution in [0, 0.1) is 42.4 Å². The number of carbonyl (C=O) groups excluding carboxylic acids is 5. The number of Topliss-reactive ketones (excluding diaryl/α,β-unsaturated/α-hetero) is 2. The van der Waals surface area contributed by atoms with Crippen molar-refractivity contribution in [2.75, 3.05) is 31.6 Å². The van der Waals surface area contributed by atoms with Gasteiger partial charge in [0.1, 0.15) is 17.0 Å². The van der Waals surface area contributed by atoms with Crippen LogP contribution in [0.4, 0.5) is 15.3 Å². The van der Waals surface area contributed by atoms with Crippen LogP contribution in [0.25, 0.3) is 11.1 Å². The number of amidine groups is 1. The third-order valence-electron chi connectivity index (χ3n) is 12.7. The molecule has 2 N–H and O–H groups in total. The van der Waals surface area contributed by atoms with Crippen molar-refractivity contribution in [2.24, 2.45) is 50.7 Å². The van der Waals surface area contributed by atoms with Gasteiger partial charge < -0.3 is 25.0 Å². The van der Waals surface area contributed by atoms with Crippen molar-refractivity contribution in [2.45, 2.75) is 105 Å². The maximum atomic E-state index is 14.0. The normalized spacial score (nSPS) is 22.1. The molecule has 2 aliphatic heterocycles. The number of aryl methyl sites for hydroxylation is 1. The summed E-state index contributed by atoms with van der Waals surface area (Å²) in [5, 5.41) is 13.9. The van der Waals surface area contributed by atoms with E-state index in [1.54, 1.807) is 4.90 Å². The Morgan fingerprint density at radius 3 is 2.06 bits per heavy atom. The molecule has 0 radical (unpaired) electrons. The van der Waals surface area contributed by atoms with E-state index in [9.17, 15) is 24.0 Å². The van der Waals surface area contributed by atoms with E-state index >= 15 is 0 Å². The summed E-state index contributed by atoms with van der Waals surface area (Å²) in [6.45, 7) is 15.2. The van der Waals surface area contributed by atoms with Crippen LogP contribution in [0.2, 0.25) is 0 Å². The van der Waals surface area contributed by atoms with Crippen LogP contribution < -0.4 is 10.6 Å². The Balaban J connectivity index is 0.961. The predicted molar refractivity (Wildman–Crippen MR) is 242 cm³/mol. The van der Waals surface area contributed by atoms with Gasteiger partial charge in [0.15, 0.2) is 18.3 Å². The molecule has 2 saturated carbocycles. The molecule has 1 saturated heterocycles. The predicted octanol–water partition coefficient (Wildman–Crippen LogP) is 9.61. The molecule has 334 valence electrons. The fourth-order valence-electron chi connectivity index (χ4n) is 9.25. The van der Waals surface area contributed by atoms with Crippen LogP contribution in [0.15, 0.2) is 82.0 Å². The van der Waals surface area contributed by atoms with Crippen molar-refractivity contribution >= 4 is 41.2 Å². The molecule has 2 aliphatic carbocycles. The Morgan fingerprint density at radius 2 is 1.46 bits per heavy atom. The molecule has 0 spiro atoms. The zero-order valence-electron chi connectivity index (χ0n) is 37.7. The van der Waals surface area contributed by atoms with Gasteiger partial charge in [0, 0.05) is 61.1 Å². The molecule has 2 heterocycles. The molecule has 3 fully saturated rings. The van der Waals surface area contributed by atoms with Crippen LogP contribution in [0.5, 0.6) is 0 Å². The van der Waals surface area contributed by atoms with Gasteiger partial charge in [-0.05, 0) is 157 Å². The molecule has 0 bridgehead atoms. The first kappa shape index (κ1) is 45.3. The maximum Gasteiger partial charge on any atom is 0.410 e. The lowest BCUT2D eigenvalue weighted by atomic mass is 9.77. The second-order valence-electron chi connectivity index (χ2n) is 19.8.